The number of hydrogen-bond acceptors (Lipinski definition) is 3. The van der Waals surface area contributed by atoms with E-state index in [-0.39, 0.29) is 12.3 Å². The third kappa shape index (κ3) is 5.26. The molecule has 0 fully saturated rings. The van der Waals surface area contributed by atoms with Crippen molar-refractivity contribution < 1.29 is 18.3 Å². The quantitative estimate of drug-likeness (QED) is 0.818. The standard InChI is InChI=1S/C11H14F2N2O2/c1-15(7-10(14)16)6-8-2-4-9(5-3-8)17-11(12)13/h2-5,11H,6-7H2,1H3,(H2,14,16). The highest BCUT2D eigenvalue weighted by atomic mass is 19.3. The number of ether oxygens (including phenoxy) is 1. The van der Waals surface area contributed by atoms with Gasteiger partial charge in [0.2, 0.25) is 5.91 Å². The number of alkyl halides is 2. The fourth-order valence-corrected chi connectivity index (χ4v) is 1.41. The Kier molecular flexibility index (Phi) is 4.84. The predicted molar refractivity (Wildman–Crippen MR) is 58.6 cm³/mol. The molecule has 0 aromatic heterocycles. The molecule has 0 saturated carbocycles. The van der Waals surface area contributed by atoms with E-state index in [1.165, 1.54) is 12.1 Å². The number of carbonyl (C=O) groups is 1. The molecule has 0 bridgehead atoms. The lowest BCUT2D eigenvalue weighted by Crippen LogP contribution is -2.30. The van der Waals surface area contributed by atoms with Crippen molar-refractivity contribution in [2.75, 3.05) is 13.6 Å². The fourth-order valence-electron chi connectivity index (χ4n) is 1.41. The minimum atomic E-state index is -2.82. The van der Waals surface area contributed by atoms with Crippen LogP contribution in [0.5, 0.6) is 5.75 Å². The summed E-state index contributed by atoms with van der Waals surface area (Å²) in [6.45, 7) is -2.16. The lowest BCUT2D eigenvalue weighted by molar-refractivity contribution is -0.118. The summed E-state index contributed by atoms with van der Waals surface area (Å²) in [4.78, 5) is 12.4. The molecule has 0 atom stereocenters. The second kappa shape index (κ2) is 6.15. The minimum absolute atomic E-state index is 0.112. The van der Waals surface area contributed by atoms with Gasteiger partial charge in [-0.3, -0.25) is 9.69 Å². The van der Waals surface area contributed by atoms with E-state index in [0.717, 1.165) is 5.56 Å². The summed E-state index contributed by atoms with van der Waals surface area (Å²) in [6.07, 6.45) is 0. The third-order valence-electron chi connectivity index (χ3n) is 2.03. The number of halogens is 2. The van der Waals surface area contributed by atoms with Crippen LogP contribution in [0.4, 0.5) is 8.78 Å². The van der Waals surface area contributed by atoms with Gasteiger partial charge in [0, 0.05) is 6.54 Å². The predicted octanol–water partition coefficient (Wildman–Crippen LogP) is 1.21. The zero-order valence-corrected chi connectivity index (χ0v) is 9.40. The Balaban J connectivity index is 2.53. The van der Waals surface area contributed by atoms with E-state index in [1.807, 2.05) is 0 Å². The van der Waals surface area contributed by atoms with Crippen LogP contribution in [-0.4, -0.2) is 31.0 Å². The maximum atomic E-state index is 11.9. The number of hydrogen-bond donors (Lipinski definition) is 1. The van der Waals surface area contributed by atoms with Gasteiger partial charge in [-0.05, 0) is 24.7 Å². The first kappa shape index (κ1) is 13.4. The van der Waals surface area contributed by atoms with Gasteiger partial charge in [-0.15, -0.1) is 0 Å². The first-order valence-electron chi connectivity index (χ1n) is 4.98. The van der Waals surface area contributed by atoms with Crippen LogP contribution < -0.4 is 10.5 Å². The summed E-state index contributed by atoms with van der Waals surface area (Å²) in [5, 5.41) is 0. The Hall–Kier alpha value is -1.69. The van der Waals surface area contributed by atoms with Crippen molar-refractivity contribution in [1.29, 1.82) is 0 Å². The number of primary amides is 1. The van der Waals surface area contributed by atoms with E-state index in [2.05, 4.69) is 4.74 Å². The summed E-state index contributed by atoms with van der Waals surface area (Å²) in [6, 6.07) is 6.24. The molecule has 0 spiro atoms. The molecule has 1 amide bonds. The van der Waals surface area contributed by atoms with E-state index in [0.29, 0.717) is 6.54 Å². The van der Waals surface area contributed by atoms with Gasteiger partial charge in [0.15, 0.2) is 0 Å². The second-order valence-corrected chi connectivity index (χ2v) is 3.66. The largest absolute Gasteiger partial charge is 0.435 e. The summed E-state index contributed by atoms with van der Waals surface area (Å²) >= 11 is 0. The third-order valence-corrected chi connectivity index (χ3v) is 2.03. The highest BCUT2D eigenvalue weighted by Gasteiger charge is 2.06. The van der Waals surface area contributed by atoms with E-state index in [4.69, 9.17) is 5.73 Å². The van der Waals surface area contributed by atoms with Gasteiger partial charge >= 0.3 is 6.61 Å². The molecular formula is C11H14F2N2O2. The van der Waals surface area contributed by atoms with Crippen LogP contribution in [-0.2, 0) is 11.3 Å². The minimum Gasteiger partial charge on any atom is -0.435 e. The van der Waals surface area contributed by atoms with Gasteiger partial charge in [-0.2, -0.15) is 8.78 Å². The highest BCUT2D eigenvalue weighted by molar-refractivity contribution is 5.75. The molecule has 4 nitrogen and oxygen atoms in total. The number of carbonyl (C=O) groups excluding carboxylic acids is 1. The Morgan fingerprint density at radius 1 is 1.41 bits per heavy atom. The number of benzene rings is 1. The SMILES string of the molecule is CN(CC(N)=O)Cc1ccc(OC(F)F)cc1. The molecule has 0 aliphatic carbocycles. The van der Waals surface area contributed by atoms with Crippen molar-refractivity contribution in [3.63, 3.8) is 0 Å². The average molecular weight is 244 g/mol. The first-order valence-corrected chi connectivity index (χ1v) is 4.98. The van der Waals surface area contributed by atoms with Crippen LogP contribution in [0.2, 0.25) is 0 Å². The van der Waals surface area contributed by atoms with Gasteiger partial charge < -0.3 is 10.5 Å². The number of rotatable bonds is 6. The summed E-state index contributed by atoms with van der Waals surface area (Å²) in [5.74, 6) is -0.300. The Morgan fingerprint density at radius 3 is 2.47 bits per heavy atom. The Bertz CT molecular complexity index is 368. The fraction of sp³-hybridized carbons (Fsp3) is 0.364. The van der Waals surface area contributed by atoms with Gasteiger partial charge in [0.25, 0.3) is 0 Å². The molecule has 0 unspecified atom stereocenters. The van der Waals surface area contributed by atoms with Crippen LogP contribution in [0.15, 0.2) is 24.3 Å². The molecule has 2 N–H and O–H groups in total. The topological polar surface area (TPSA) is 55.6 Å². The van der Waals surface area contributed by atoms with E-state index in [9.17, 15) is 13.6 Å². The Labute approximate surface area is 98.0 Å². The van der Waals surface area contributed by atoms with Gasteiger partial charge in [-0.1, -0.05) is 12.1 Å². The second-order valence-electron chi connectivity index (χ2n) is 3.66. The van der Waals surface area contributed by atoms with E-state index < -0.39 is 12.5 Å². The average Bonchev–Trinajstić information content (AvgIpc) is 2.18. The van der Waals surface area contributed by atoms with Crippen LogP contribution in [0.3, 0.4) is 0 Å². The first-order chi connectivity index (χ1) is 7.97. The smallest absolute Gasteiger partial charge is 0.387 e. The molecule has 0 aliphatic rings. The van der Waals surface area contributed by atoms with Crippen LogP contribution in [0.1, 0.15) is 5.56 Å². The van der Waals surface area contributed by atoms with Crippen LogP contribution in [0.25, 0.3) is 0 Å². The van der Waals surface area contributed by atoms with E-state index in [1.54, 1.807) is 24.1 Å². The number of nitrogens with zero attached hydrogens (tertiary/aromatic N) is 1. The molecule has 1 aromatic carbocycles. The lowest BCUT2D eigenvalue weighted by atomic mass is 10.2. The maximum Gasteiger partial charge on any atom is 0.387 e. The van der Waals surface area contributed by atoms with Crippen LogP contribution >= 0.6 is 0 Å². The normalized spacial score (nSPS) is 10.9. The maximum absolute atomic E-state index is 11.9. The zero-order chi connectivity index (χ0) is 12.8. The number of likely N-dealkylation sites (N-methyl/N-ethyl adjacent to an activating group) is 1. The Morgan fingerprint density at radius 2 is 2.00 bits per heavy atom. The molecular weight excluding hydrogens is 230 g/mol. The van der Waals surface area contributed by atoms with Gasteiger partial charge in [0.05, 0.1) is 6.54 Å². The summed E-state index contributed by atoms with van der Waals surface area (Å²) in [5.41, 5.74) is 5.93. The van der Waals surface area contributed by atoms with Crippen molar-refractivity contribution in [2.24, 2.45) is 5.73 Å². The van der Waals surface area contributed by atoms with Gasteiger partial charge in [0.1, 0.15) is 5.75 Å². The van der Waals surface area contributed by atoms with Crippen molar-refractivity contribution >= 4 is 5.91 Å². The van der Waals surface area contributed by atoms with E-state index >= 15 is 0 Å². The molecule has 0 saturated heterocycles. The highest BCUT2D eigenvalue weighted by Crippen LogP contribution is 2.15. The molecule has 1 rings (SSSR count). The lowest BCUT2D eigenvalue weighted by Gasteiger charge is -2.14. The van der Waals surface area contributed by atoms with Crippen molar-refractivity contribution in [3.05, 3.63) is 29.8 Å². The zero-order valence-electron chi connectivity index (χ0n) is 9.40. The number of amides is 1. The summed E-state index contributed by atoms with van der Waals surface area (Å²) < 4.78 is 28.0. The monoisotopic (exact) mass is 244 g/mol. The molecule has 0 heterocycles. The molecule has 0 radical (unpaired) electrons. The molecule has 6 heteroatoms. The molecule has 17 heavy (non-hydrogen) atoms. The van der Waals surface area contributed by atoms with Gasteiger partial charge in [-0.25, -0.2) is 0 Å². The molecule has 0 aliphatic heterocycles. The molecule has 1 aromatic rings. The van der Waals surface area contributed by atoms with Crippen molar-refractivity contribution in [2.45, 2.75) is 13.2 Å². The molecule has 94 valence electrons. The summed E-state index contributed by atoms with van der Waals surface area (Å²) in [7, 11) is 1.74. The van der Waals surface area contributed by atoms with Crippen LogP contribution in [0, 0.1) is 0 Å². The van der Waals surface area contributed by atoms with Crippen molar-refractivity contribution in [3.8, 4) is 5.75 Å². The van der Waals surface area contributed by atoms with Crippen molar-refractivity contribution in [1.82, 2.24) is 4.90 Å². The number of nitrogens with two attached hydrogens (primary N) is 1.